The van der Waals surface area contributed by atoms with Crippen molar-refractivity contribution in [2.75, 3.05) is 6.61 Å². The fourth-order valence-corrected chi connectivity index (χ4v) is 2.12. The number of H-pyrrole nitrogens is 3. The Bertz CT molecular complexity index is 995. The van der Waals surface area contributed by atoms with Gasteiger partial charge in [0.25, 0.3) is 11.1 Å². The van der Waals surface area contributed by atoms with Crippen LogP contribution in [-0.2, 0) is 4.74 Å². The van der Waals surface area contributed by atoms with E-state index in [-0.39, 0.29) is 6.42 Å². The molecule has 0 unspecified atom stereocenters. The second kappa shape index (κ2) is 7.99. The van der Waals surface area contributed by atoms with E-state index in [1.807, 2.05) is 4.98 Å². The standard InChI is InChI=1S/C9H11FN2O5.C4H3FN2O2/c10-4-2-12(9(16)11-8(4)15)7-1-5(14)6(3-13)17-7;5-2-1-6-4(9)7-3(2)8/h2,5-7,13-14H,1,3H2,(H,11,15,16);1H,(H2,6,7,8,9)/t5-,6+,7+;/m0./s1. The maximum absolute atomic E-state index is 13.0. The van der Waals surface area contributed by atoms with Crippen molar-refractivity contribution in [2.45, 2.75) is 24.9 Å². The third kappa shape index (κ3) is 4.38. The zero-order chi connectivity index (χ0) is 19.4. The second-order valence-electron chi connectivity index (χ2n) is 5.18. The lowest BCUT2D eigenvalue weighted by Gasteiger charge is -2.13. The normalized spacial score (nSPS) is 21.9. The average molecular weight is 376 g/mol. The zero-order valence-corrected chi connectivity index (χ0v) is 12.9. The van der Waals surface area contributed by atoms with Crippen LogP contribution in [0.4, 0.5) is 8.78 Å². The van der Waals surface area contributed by atoms with E-state index in [9.17, 15) is 33.1 Å². The smallest absolute Gasteiger partial charge is 0.330 e. The Morgan fingerprint density at radius 1 is 1.15 bits per heavy atom. The minimum Gasteiger partial charge on any atom is -0.394 e. The highest BCUT2D eigenvalue weighted by molar-refractivity contribution is 4.91. The minimum absolute atomic E-state index is 0.0383. The first kappa shape index (κ1) is 19.4. The molecule has 1 saturated heterocycles. The highest BCUT2D eigenvalue weighted by Crippen LogP contribution is 2.27. The third-order valence-electron chi connectivity index (χ3n) is 3.39. The molecule has 3 atom stereocenters. The molecule has 0 amide bonds. The summed E-state index contributed by atoms with van der Waals surface area (Å²) in [4.78, 5) is 48.0. The van der Waals surface area contributed by atoms with E-state index in [0.717, 1.165) is 10.8 Å². The van der Waals surface area contributed by atoms with Crippen LogP contribution in [0.1, 0.15) is 12.6 Å². The van der Waals surface area contributed by atoms with Gasteiger partial charge in [-0.25, -0.2) is 9.59 Å². The number of aromatic nitrogens is 4. The van der Waals surface area contributed by atoms with Crippen LogP contribution in [0.2, 0.25) is 0 Å². The number of nitrogens with zero attached hydrogens (tertiary/aromatic N) is 1. The number of halogens is 2. The van der Waals surface area contributed by atoms with Gasteiger partial charge in [0.1, 0.15) is 12.3 Å². The molecule has 3 heterocycles. The topological polar surface area (TPSA) is 170 Å². The predicted octanol–water partition coefficient (Wildman–Crippen LogP) is -2.48. The van der Waals surface area contributed by atoms with E-state index in [1.54, 1.807) is 9.97 Å². The van der Waals surface area contributed by atoms with E-state index in [4.69, 9.17) is 9.84 Å². The molecular weight excluding hydrogens is 362 g/mol. The molecular formula is C13H14F2N4O7. The van der Waals surface area contributed by atoms with Gasteiger partial charge >= 0.3 is 11.4 Å². The molecule has 26 heavy (non-hydrogen) atoms. The predicted molar refractivity (Wildman–Crippen MR) is 80.5 cm³/mol. The molecule has 0 spiro atoms. The average Bonchev–Trinajstić information content (AvgIpc) is 2.96. The fourth-order valence-electron chi connectivity index (χ4n) is 2.12. The van der Waals surface area contributed by atoms with Crippen LogP contribution in [0.25, 0.3) is 0 Å². The fraction of sp³-hybridized carbons (Fsp3) is 0.385. The Morgan fingerprint density at radius 3 is 2.35 bits per heavy atom. The molecule has 0 saturated carbocycles. The van der Waals surface area contributed by atoms with Gasteiger partial charge in [-0.15, -0.1) is 0 Å². The Hall–Kier alpha value is -2.90. The molecule has 1 aliphatic heterocycles. The lowest BCUT2D eigenvalue weighted by molar-refractivity contribution is -0.0462. The number of rotatable bonds is 2. The molecule has 1 aliphatic rings. The van der Waals surface area contributed by atoms with Crippen molar-refractivity contribution < 1.29 is 23.7 Å². The zero-order valence-electron chi connectivity index (χ0n) is 12.9. The van der Waals surface area contributed by atoms with Crippen molar-refractivity contribution in [3.63, 3.8) is 0 Å². The molecule has 11 nitrogen and oxygen atoms in total. The van der Waals surface area contributed by atoms with E-state index >= 15 is 0 Å². The number of hydrogen-bond donors (Lipinski definition) is 5. The number of nitrogens with one attached hydrogen (secondary N) is 3. The second-order valence-corrected chi connectivity index (χ2v) is 5.18. The van der Waals surface area contributed by atoms with Gasteiger partial charge < -0.3 is 19.9 Å². The van der Waals surface area contributed by atoms with Crippen LogP contribution in [0.15, 0.2) is 31.6 Å². The number of hydrogen-bond acceptors (Lipinski definition) is 7. The molecule has 5 N–H and O–H groups in total. The maximum Gasteiger partial charge on any atom is 0.330 e. The Morgan fingerprint density at radius 2 is 1.81 bits per heavy atom. The van der Waals surface area contributed by atoms with Crippen LogP contribution < -0.4 is 22.5 Å². The summed E-state index contributed by atoms with van der Waals surface area (Å²) in [5.74, 6) is -2.11. The van der Waals surface area contributed by atoms with Crippen LogP contribution >= 0.6 is 0 Å². The summed E-state index contributed by atoms with van der Waals surface area (Å²) in [6, 6.07) is 0. The third-order valence-corrected chi connectivity index (χ3v) is 3.39. The monoisotopic (exact) mass is 376 g/mol. The van der Waals surface area contributed by atoms with Crippen LogP contribution in [0, 0.1) is 11.6 Å². The van der Waals surface area contributed by atoms with Gasteiger partial charge in [-0.05, 0) is 0 Å². The van der Waals surface area contributed by atoms with Crippen molar-refractivity contribution in [2.24, 2.45) is 0 Å². The van der Waals surface area contributed by atoms with Crippen molar-refractivity contribution in [1.29, 1.82) is 0 Å². The van der Waals surface area contributed by atoms with Gasteiger partial charge in [-0.2, -0.15) is 8.78 Å². The summed E-state index contributed by atoms with van der Waals surface area (Å²) in [6.07, 6.45) is -1.19. The Labute approximate surface area is 141 Å². The molecule has 13 heteroatoms. The van der Waals surface area contributed by atoms with Gasteiger partial charge in [0.2, 0.25) is 11.6 Å². The van der Waals surface area contributed by atoms with Gasteiger partial charge in [-0.3, -0.25) is 24.1 Å². The molecule has 142 valence electrons. The van der Waals surface area contributed by atoms with E-state index in [0.29, 0.717) is 6.20 Å². The minimum atomic E-state index is -1.12. The molecule has 2 aromatic rings. The Balaban J connectivity index is 0.000000228. The first-order valence-corrected chi connectivity index (χ1v) is 7.15. The highest BCUT2D eigenvalue weighted by Gasteiger charge is 2.35. The molecule has 0 aliphatic carbocycles. The van der Waals surface area contributed by atoms with Gasteiger partial charge in [0, 0.05) is 12.6 Å². The summed E-state index contributed by atoms with van der Waals surface area (Å²) in [6.45, 7) is -0.405. The summed E-state index contributed by atoms with van der Waals surface area (Å²) < 4.78 is 31.0. The molecule has 2 aromatic heterocycles. The lowest BCUT2D eigenvalue weighted by Crippen LogP contribution is -2.34. The largest absolute Gasteiger partial charge is 0.394 e. The first-order chi connectivity index (χ1) is 12.2. The Kier molecular flexibility index (Phi) is 5.97. The summed E-state index contributed by atoms with van der Waals surface area (Å²) >= 11 is 0. The van der Waals surface area contributed by atoms with E-state index in [2.05, 4.69) is 0 Å². The van der Waals surface area contributed by atoms with E-state index in [1.165, 1.54) is 0 Å². The van der Waals surface area contributed by atoms with Gasteiger partial charge in [0.05, 0.1) is 18.9 Å². The maximum atomic E-state index is 13.0. The van der Waals surface area contributed by atoms with Crippen molar-refractivity contribution in [1.82, 2.24) is 19.5 Å². The summed E-state index contributed by atoms with van der Waals surface area (Å²) in [5.41, 5.74) is -3.64. The molecule has 0 bridgehead atoms. The van der Waals surface area contributed by atoms with Crippen molar-refractivity contribution in [3.8, 4) is 0 Å². The summed E-state index contributed by atoms with van der Waals surface area (Å²) in [5, 5.41) is 18.3. The first-order valence-electron chi connectivity index (χ1n) is 7.15. The molecule has 0 radical (unpaired) electrons. The number of ether oxygens (including phenoxy) is 1. The molecule has 3 rings (SSSR count). The van der Waals surface area contributed by atoms with Gasteiger partial charge in [-0.1, -0.05) is 0 Å². The van der Waals surface area contributed by atoms with Crippen molar-refractivity contribution >= 4 is 0 Å². The quantitative estimate of drug-likeness (QED) is 0.386. The molecule has 0 aromatic carbocycles. The molecule has 1 fully saturated rings. The number of aliphatic hydroxyl groups excluding tert-OH is 2. The highest BCUT2D eigenvalue weighted by atomic mass is 19.1. The van der Waals surface area contributed by atoms with Crippen LogP contribution in [0.5, 0.6) is 0 Å². The summed E-state index contributed by atoms with van der Waals surface area (Å²) in [7, 11) is 0. The van der Waals surface area contributed by atoms with Crippen molar-refractivity contribution in [3.05, 3.63) is 65.7 Å². The number of aliphatic hydroxyl groups is 2. The van der Waals surface area contributed by atoms with Gasteiger partial charge in [0.15, 0.2) is 0 Å². The van der Waals surface area contributed by atoms with Crippen LogP contribution in [0.3, 0.4) is 0 Å². The SMILES string of the molecule is O=c1[nH]c(=O)n([C@H]2C[C@H](O)[C@@H](CO)O2)cc1F.O=c1[nH]cc(F)c(=O)[nH]1. The lowest BCUT2D eigenvalue weighted by atomic mass is 10.2. The van der Waals surface area contributed by atoms with E-state index < -0.39 is 59.2 Å². The van der Waals surface area contributed by atoms with Crippen LogP contribution in [-0.4, -0.2) is 48.5 Å². The number of aromatic amines is 3.